The fraction of sp³-hybridized carbons (Fsp3) is 0.450. The second-order valence-electron chi connectivity index (χ2n) is 6.96. The van der Waals surface area contributed by atoms with E-state index in [1.54, 1.807) is 12.1 Å². The maximum Gasteiger partial charge on any atom is 0.293 e. The van der Waals surface area contributed by atoms with Gasteiger partial charge in [-0.3, -0.25) is 9.59 Å². The molecule has 2 aromatic rings. The molecule has 0 spiro atoms. The Kier molecular flexibility index (Phi) is 7.24. The van der Waals surface area contributed by atoms with Crippen molar-refractivity contribution in [1.82, 2.24) is 9.97 Å². The van der Waals surface area contributed by atoms with E-state index < -0.39 is 17.1 Å². The zero-order valence-electron chi connectivity index (χ0n) is 15.5. The summed E-state index contributed by atoms with van der Waals surface area (Å²) in [4.78, 5) is 31.2. The Bertz CT molecular complexity index is 833. The number of ketones is 1. The monoisotopic (exact) mass is 376 g/mol. The predicted molar refractivity (Wildman–Crippen MR) is 99.5 cm³/mol. The van der Waals surface area contributed by atoms with Gasteiger partial charge >= 0.3 is 0 Å². The van der Waals surface area contributed by atoms with Crippen molar-refractivity contribution in [3.8, 4) is 5.75 Å². The van der Waals surface area contributed by atoms with Crippen LogP contribution in [0.25, 0.3) is 0 Å². The van der Waals surface area contributed by atoms with Crippen LogP contribution >= 0.6 is 0 Å². The fourth-order valence-electron chi connectivity index (χ4n) is 2.70. The van der Waals surface area contributed by atoms with Crippen LogP contribution in [-0.4, -0.2) is 32.6 Å². The van der Waals surface area contributed by atoms with E-state index in [0.717, 1.165) is 12.0 Å². The number of nitrogens with one attached hydrogen (secondary N) is 1. The van der Waals surface area contributed by atoms with E-state index in [-0.39, 0.29) is 36.4 Å². The SMILES string of the molecule is CC(CC[C@H](C)CO)c1nc(C(=O)CCc2ccc(F)cc2)c(O)c(=O)[nH]1. The van der Waals surface area contributed by atoms with Crippen LogP contribution in [0.5, 0.6) is 5.75 Å². The molecular formula is C20H25FN2O4. The number of aliphatic hydroxyl groups excluding tert-OH is 1. The van der Waals surface area contributed by atoms with Gasteiger partial charge in [-0.25, -0.2) is 9.37 Å². The topological polar surface area (TPSA) is 103 Å². The number of H-pyrrole nitrogens is 1. The van der Waals surface area contributed by atoms with Gasteiger partial charge in [-0.2, -0.15) is 0 Å². The molecule has 0 fully saturated rings. The minimum atomic E-state index is -0.743. The maximum absolute atomic E-state index is 12.9. The Hall–Kier alpha value is -2.54. The van der Waals surface area contributed by atoms with Gasteiger partial charge < -0.3 is 15.2 Å². The van der Waals surface area contributed by atoms with Gasteiger partial charge in [0.15, 0.2) is 11.5 Å². The molecule has 0 amide bonds. The van der Waals surface area contributed by atoms with Gasteiger partial charge in [0.1, 0.15) is 11.6 Å². The first-order chi connectivity index (χ1) is 12.8. The fourth-order valence-corrected chi connectivity index (χ4v) is 2.70. The van der Waals surface area contributed by atoms with E-state index >= 15 is 0 Å². The van der Waals surface area contributed by atoms with Crippen molar-refractivity contribution in [3.05, 3.63) is 57.5 Å². The molecule has 6 nitrogen and oxygen atoms in total. The van der Waals surface area contributed by atoms with Crippen LogP contribution in [-0.2, 0) is 6.42 Å². The van der Waals surface area contributed by atoms with Crippen molar-refractivity contribution in [2.24, 2.45) is 5.92 Å². The number of benzene rings is 1. The Morgan fingerprint density at radius 3 is 2.52 bits per heavy atom. The van der Waals surface area contributed by atoms with E-state index in [4.69, 9.17) is 5.11 Å². The molecule has 0 bridgehead atoms. The van der Waals surface area contributed by atoms with Gasteiger partial charge in [-0.1, -0.05) is 26.0 Å². The standard InChI is InChI=1S/C20H25FN2O4/c1-12(11-24)3-4-13(2)19-22-17(18(26)20(27)23-19)16(25)10-7-14-5-8-15(21)9-6-14/h5-6,8-9,12-13,24,26H,3-4,7,10-11H2,1-2H3,(H,22,23,27)/t12-,13?/m0/s1. The molecule has 2 atom stereocenters. The number of aromatic hydroxyl groups is 1. The summed E-state index contributed by atoms with van der Waals surface area (Å²) in [6.45, 7) is 3.87. The maximum atomic E-state index is 12.9. The van der Waals surface area contributed by atoms with Gasteiger partial charge in [0.05, 0.1) is 0 Å². The van der Waals surface area contributed by atoms with E-state index in [1.165, 1.54) is 12.1 Å². The molecule has 0 aliphatic carbocycles. The lowest BCUT2D eigenvalue weighted by molar-refractivity contribution is 0.0974. The van der Waals surface area contributed by atoms with E-state index in [0.29, 0.717) is 18.7 Å². The van der Waals surface area contributed by atoms with Gasteiger partial charge in [0.2, 0.25) is 5.75 Å². The number of halogens is 1. The minimum absolute atomic E-state index is 0.0466. The highest BCUT2D eigenvalue weighted by Crippen LogP contribution is 2.22. The molecule has 1 unspecified atom stereocenters. The molecule has 0 saturated heterocycles. The summed E-state index contributed by atoms with van der Waals surface area (Å²) in [5.74, 6) is -1.14. The molecule has 2 rings (SSSR count). The van der Waals surface area contributed by atoms with Crippen molar-refractivity contribution in [2.45, 2.75) is 45.4 Å². The quantitative estimate of drug-likeness (QED) is 0.584. The van der Waals surface area contributed by atoms with Gasteiger partial charge in [-0.05, 0) is 42.9 Å². The van der Waals surface area contributed by atoms with Crippen molar-refractivity contribution in [3.63, 3.8) is 0 Å². The highest BCUT2D eigenvalue weighted by Gasteiger charge is 2.20. The summed E-state index contributed by atoms with van der Waals surface area (Å²) in [5, 5.41) is 19.1. The van der Waals surface area contributed by atoms with Gasteiger partial charge in [0, 0.05) is 18.9 Å². The number of hydrogen-bond acceptors (Lipinski definition) is 5. The Balaban J connectivity index is 2.12. The molecule has 3 N–H and O–H groups in total. The molecule has 0 saturated carbocycles. The van der Waals surface area contributed by atoms with Crippen LogP contribution < -0.4 is 5.56 Å². The van der Waals surface area contributed by atoms with Crippen molar-refractivity contribution < 1.29 is 19.4 Å². The lowest BCUT2D eigenvalue weighted by Gasteiger charge is -2.14. The highest BCUT2D eigenvalue weighted by atomic mass is 19.1. The molecule has 0 aliphatic heterocycles. The molecule has 27 heavy (non-hydrogen) atoms. The second kappa shape index (κ2) is 9.41. The smallest absolute Gasteiger partial charge is 0.293 e. The molecule has 0 radical (unpaired) electrons. The number of rotatable bonds is 9. The van der Waals surface area contributed by atoms with Crippen LogP contribution in [0.1, 0.15) is 60.9 Å². The largest absolute Gasteiger partial charge is 0.501 e. The normalized spacial score (nSPS) is 13.3. The number of hydrogen-bond donors (Lipinski definition) is 3. The van der Waals surface area contributed by atoms with Crippen molar-refractivity contribution in [1.29, 1.82) is 0 Å². The first kappa shape index (κ1) is 20.8. The first-order valence-corrected chi connectivity index (χ1v) is 9.03. The summed E-state index contributed by atoms with van der Waals surface area (Å²) >= 11 is 0. The molecular weight excluding hydrogens is 351 g/mol. The molecule has 146 valence electrons. The van der Waals surface area contributed by atoms with Gasteiger partial charge in [0.25, 0.3) is 5.56 Å². The summed E-state index contributed by atoms with van der Waals surface area (Å²) in [5.41, 5.74) is -0.203. The van der Waals surface area contributed by atoms with E-state index in [2.05, 4.69) is 9.97 Å². The lowest BCUT2D eigenvalue weighted by atomic mass is 9.98. The average molecular weight is 376 g/mol. The number of carbonyl (C=O) groups excluding carboxylic acids is 1. The summed E-state index contributed by atoms with van der Waals surface area (Å²) in [6, 6.07) is 5.80. The second-order valence-corrected chi connectivity index (χ2v) is 6.96. The number of aliphatic hydroxyl groups is 1. The lowest BCUT2D eigenvalue weighted by Crippen LogP contribution is -2.19. The van der Waals surface area contributed by atoms with E-state index in [9.17, 15) is 19.1 Å². The van der Waals surface area contributed by atoms with Crippen LogP contribution in [0.4, 0.5) is 4.39 Å². The van der Waals surface area contributed by atoms with Crippen LogP contribution in [0.15, 0.2) is 29.1 Å². The zero-order valence-corrected chi connectivity index (χ0v) is 15.5. The number of aromatic amines is 1. The predicted octanol–water partition coefficient (Wildman–Crippen LogP) is 2.94. The molecule has 1 aromatic heterocycles. The van der Waals surface area contributed by atoms with Crippen LogP contribution in [0, 0.1) is 11.7 Å². The molecule has 1 aromatic carbocycles. The van der Waals surface area contributed by atoms with Gasteiger partial charge in [-0.15, -0.1) is 0 Å². The summed E-state index contributed by atoms with van der Waals surface area (Å²) < 4.78 is 12.9. The Morgan fingerprint density at radius 1 is 1.22 bits per heavy atom. The van der Waals surface area contributed by atoms with Crippen molar-refractivity contribution >= 4 is 5.78 Å². The average Bonchev–Trinajstić information content (AvgIpc) is 2.66. The molecule has 0 aliphatic rings. The number of aromatic nitrogens is 2. The number of Topliss-reactive ketones (excluding diaryl/α,β-unsaturated/α-hetero) is 1. The summed E-state index contributed by atoms with van der Waals surface area (Å²) in [7, 11) is 0. The third-order valence-corrected chi connectivity index (χ3v) is 4.60. The van der Waals surface area contributed by atoms with Crippen LogP contribution in [0.3, 0.4) is 0 Å². The van der Waals surface area contributed by atoms with E-state index in [1.807, 2.05) is 13.8 Å². The third-order valence-electron chi connectivity index (χ3n) is 4.60. The molecule has 7 heteroatoms. The highest BCUT2D eigenvalue weighted by molar-refractivity contribution is 5.96. The van der Waals surface area contributed by atoms with Crippen LogP contribution in [0.2, 0.25) is 0 Å². The minimum Gasteiger partial charge on any atom is -0.501 e. The Morgan fingerprint density at radius 2 is 1.89 bits per heavy atom. The number of carbonyl (C=O) groups is 1. The van der Waals surface area contributed by atoms with Crippen molar-refractivity contribution in [2.75, 3.05) is 6.61 Å². The number of aryl methyl sites for hydroxylation is 1. The number of nitrogens with zero attached hydrogens (tertiary/aromatic N) is 1. The summed E-state index contributed by atoms with van der Waals surface area (Å²) in [6.07, 6.45) is 1.83. The first-order valence-electron chi connectivity index (χ1n) is 9.03. The Labute approximate surface area is 157 Å². The zero-order chi connectivity index (χ0) is 20.0. The third kappa shape index (κ3) is 5.72. The molecule has 1 heterocycles.